The average Bonchev–Trinajstić information content (AvgIpc) is 2.73. The molecule has 1 aliphatic heterocycles. The lowest BCUT2D eigenvalue weighted by atomic mass is 10.1. The monoisotopic (exact) mass is 323 g/mol. The fourth-order valence-electron chi connectivity index (χ4n) is 2.54. The first kappa shape index (κ1) is 15.2. The van der Waals surface area contributed by atoms with Gasteiger partial charge >= 0.3 is 6.03 Å². The van der Waals surface area contributed by atoms with Crippen LogP contribution in [0.15, 0.2) is 23.1 Å². The van der Waals surface area contributed by atoms with E-state index in [0.717, 1.165) is 5.69 Å². The molecule has 3 rings (SSSR count). The van der Waals surface area contributed by atoms with Gasteiger partial charge in [-0.3, -0.25) is 4.57 Å². The first-order chi connectivity index (χ1) is 10.3. The van der Waals surface area contributed by atoms with E-state index in [9.17, 15) is 13.4 Å². The van der Waals surface area contributed by atoms with Crippen molar-refractivity contribution in [1.29, 1.82) is 0 Å². The van der Waals surface area contributed by atoms with Crippen molar-refractivity contribution < 1.29 is 13.4 Å². The molecule has 1 atom stereocenters. The molecule has 1 aromatic heterocycles. The maximum absolute atomic E-state index is 14.3. The van der Waals surface area contributed by atoms with Crippen LogP contribution >= 0.6 is 0 Å². The van der Waals surface area contributed by atoms with Crippen LogP contribution in [0.2, 0.25) is 0 Å². The van der Waals surface area contributed by atoms with Crippen molar-refractivity contribution in [2.45, 2.75) is 37.6 Å². The first-order valence-corrected chi connectivity index (χ1v) is 8.23. The highest BCUT2D eigenvalue weighted by Gasteiger charge is 2.23. The van der Waals surface area contributed by atoms with E-state index >= 15 is 0 Å². The third-order valence-electron chi connectivity index (χ3n) is 3.39. The molecule has 118 valence electrons. The molecule has 5 nitrogen and oxygen atoms in total. The number of carbonyl (C=O) groups is 1. The minimum atomic E-state index is -1.69. The Morgan fingerprint density at radius 1 is 1.32 bits per heavy atom. The predicted molar refractivity (Wildman–Crippen MR) is 83.7 cm³/mol. The van der Waals surface area contributed by atoms with E-state index in [1.807, 2.05) is 20.8 Å². The van der Waals surface area contributed by atoms with Gasteiger partial charge in [-0.05, 0) is 39.0 Å². The van der Waals surface area contributed by atoms with E-state index in [1.165, 1.54) is 16.7 Å². The number of halogens is 1. The number of amides is 1. The Balaban J connectivity index is 2.13. The Bertz CT molecular complexity index is 792. The van der Waals surface area contributed by atoms with Crippen LogP contribution in [0.3, 0.4) is 0 Å². The summed E-state index contributed by atoms with van der Waals surface area (Å²) in [6, 6.07) is 4.41. The highest BCUT2D eigenvalue weighted by atomic mass is 32.2. The molecular weight excluding hydrogens is 305 g/mol. The topological polar surface area (TPSA) is 63.1 Å². The van der Waals surface area contributed by atoms with Gasteiger partial charge in [0, 0.05) is 29.6 Å². The number of hydrogen-bond acceptors (Lipinski definition) is 2. The van der Waals surface area contributed by atoms with Gasteiger partial charge in [0.2, 0.25) is 0 Å². The van der Waals surface area contributed by atoms with Gasteiger partial charge in [-0.15, -0.1) is 0 Å². The summed E-state index contributed by atoms with van der Waals surface area (Å²) in [5.41, 5.74) is 1.000. The number of nitrogens with one attached hydrogen (secondary N) is 2. The number of carbonyl (C=O) groups excluding carboxylic acids is 1. The summed E-state index contributed by atoms with van der Waals surface area (Å²) in [6.45, 7) is 6.14. The normalized spacial score (nSPS) is 16.5. The van der Waals surface area contributed by atoms with Gasteiger partial charge in [-0.2, -0.15) is 0 Å². The molecule has 0 aliphatic carbocycles. The summed E-state index contributed by atoms with van der Waals surface area (Å²) < 4.78 is 31.0. The molecule has 0 saturated carbocycles. The van der Waals surface area contributed by atoms with Crippen LogP contribution in [0.5, 0.6) is 0 Å². The van der Waals surface area contributed by atoms with E-state index in [1.54, 1.807) is 6.07 Å². The van der Waals surface area contributed by atoms with E-state index in [-0.39, 0.29) is 10.9 Å². The Hall–Kier alpha value is -1.73. The quantitative estimate of drug-likeness (QED) is 0.891. The van der Waals surface area contributed by atoms with Crippen molar-refractivity contribution in [3.63, 3.8) is 0 Å². The molecule has 2 aromatic rings. The van der Waals surface area contributed by atoms with Crippen LogP contribution in [0.25, 0.3) is 10.9 Å². The van der Waals surface area contributed by atoms with Crippen LogP contribution in [0.1, 0.15) is 26.5 Å². The van der Waals surface area contributed by atoms with Gasteiger partial charge in [-0.25, -0.2) is 18.1 Å². The van der Waals surface area contributed by atoms with Gasteiger partial charge in [0.1, 0.15) is 16.8 Å². The van der Waals surface area contributed by atoms with Crippen LogP contribution in [0, 0.1) is 5.82 Å². The number of nitrogens with zero attached hydrogens (tertiary/aromatic N) is 1. The minimum Gasteiger partial charge on any atom is -0.337 e. The highest BCUT2D eigenvalue weighted by molar-refractivity contribution is 7.83. The summed E-state index contributed by atoms with van der Waals surface area (Å²) >= 11 is 0. The Kier molecular flexibility index (Phi) is 3.57. The zero-order chi connectivity index (χ0) is 16.1. The van der Waals surface area contributed by atoms with Crippen LogP contribution < -0.4 is 10.0 Å². The van der Waals surface area contributed by atoms with E-state index in [4.69, 9.17) is 0 Å². The molecule has 1 aromatic carbocycles. The fourth-order valence-corrected chi connectivity index (χ4v) is 3.66. The third-order valence-corrected chi connectivity index (χ3v) is 4.90. The number of fused-ring (bicyclic) bond motifs is 3. The Morgan fingerprint density at radius 2 is 2.05 bits per heavy atom. The Morgan fingerprint density at radius 3 is 2.73 bits per heavy atom. The average molecular weight is 323 g/mol. The molecule has 2 N–H and O–H groups in total. The lowest BCUT2D eigenvalue weighted by molar-refractivity contribution is 0.240. The zero-order valence-corrected chi connectivity index (χ0v) is 13.5. The van der Waals surface area contributed by atoms with E-state index < -0.39 is 22.3 Å². The second-order valence-electron chi connectivity index (χ2n) is 6.42. The summed E-state index contributed by atoms with van der Waals surface area (Å²) in [4.78, 5) is 12.1. The second-order valence-corrected chi connectivity index (χ2v) is 7.60. The van der Waals surface area contributed by atoms with Crippen molar-refractivity contribution in [1.82, 2.24) is 14.6 Å². The summed E-state index contributed by atoms with van der Waals surface area (Å²) in [5.74, 6) is -0.536. The van der Waals surface area contributed by atoms with Gasteiger partial charge in [0.25, 0.3) is 0 Å². The smallest absolute Gasteiger partial charge is 0.326 e. The van der Waals surface area contributed by atoms with Gasteiger partial charge in [0.15, 0.2) is 0 Å². The second kappa shape index (κ2) is 5.17. The number of aromatic nitrogens is 1. The standard InChI is InChI=1S/C15H18FN3O2S/c1-15(2,3)18-22(21)13-8-12-9(7-11(13)16)6-10-4-5-17-14(20)19(10)12/h6-8,18H,4-5H2,1-3H3,(H,17,20). The van der Waals surface area contributed by atoms with Gasteiger partial charge in [-0.1, -0.05) is 0 Å². The van der Waals surface area contributed by atoms with Crippen molar-refractivity contribution in [3.8, 4) is 0 Å². The molecule has 0 spiro atoms. The minimum absolute atomic E-state index is 0.0571. The summed E-state index contributed by atoms with van der Waals surface area (Å²) in [6.07, 6.45) is 0.695. The molecule has 7 heteroatoms. The summed E-state index contributed by atoms with van der Waals surface area (Å²) in [5, 5.41) is 3.40. The molecule has 1 aliphatic rings. The SMILES string of the molecule is CC(C)(C)NS(=O)c1cc2c(cc1F)cc1n2C(=O)NCC1. The van der Waals surface area contributed by atoms with E-state index in [0.29, 0.717) is 23.9 Å². The molecule has 22 heavy (non-hydrogen) atoms. The maximum atomic E-state index is 14.3. The van der Waals surface area contributed by atoms with Crippen molar-refractivity contribution in [2.75, 3.05) is 6.54 Å². The number of benzene rings is 1. The highest BCUT2D eigenvalue weighted by Crippen LogP contribution is 2.26. The molecule has 0 saturated heterocycles. The lowest BCUT2D eigenvalue weighted by Gasteiger charge is -2.20. The molecule has 1 amide bonds. The predicted octanol–water partition coefficient (Wildman–Crippen LogP) is 2.30. The first-order valence-electron chi connectivity index (χ1n) is 7.08. The largest absolute Gasteiger partial charge is 0.337 e. The van der Waals surface area contributed by atoms with Crippen LogP contribution in [-0.4, -0.2) is 26.9 Å². The molecule has 1 unspecified atom stereocenters. The zero-order valence-electron chi connectivity index (χ0n) is 12.7. The summed E-state index contributed by atoms with van der Waals surface area (Å²) in [7, 11) is -1.69. The Labute approximate surface area is 130 Å². The molecule has 0 bridgehead atoms. The van der Waals surface area contributed by atoms with E-state index in [2.05, 4.69) is 10.0 Å². The van der Waals surface area contributed by atoms with Crippen LogP contribution in [0.4, 0.5) is 9.18 Å². The third kappa shape index (κ3) is 2.66. The number of hydrogen-bond donors (Lipinski definition) is 2. The van der Waals surface area contributed by atoms with Crippen molar-refractivity contribution >= 4 is 27.9 Å². The maximum Gasteiger partial charge on any atom is 0.326 e. The van der Waals surface area contributed by atoms with Crippen molar-refractivity contribution in [2.24, 2.45) is 0 Å². The molecule has 2 heterocycles. The van der Waals surface area contributed by atoms with Crippen LogP contribution in [-0.2, 0) is 17.4 Å². The lowest BCUT2D eigenvalue weighted by Crippen LogP contribution is -2.37. The molecular formula is C15H18FN3O2S. The van der Waals surface area contributed by atoms with Gasteiger partial charge in [0.05, 0.1) is 10.4 Å². The molecule has 0 radical (unpaired) electrons. The van der Waals surface area contributed by atoms with Crippen molar-refractivity contribution in [3.05, 3.63) is 29.7 Å². The number of rotatable bonds is 2. The fraction of sp³-hybridized carbons (Fsp3) is 0.400. The van der Waals surface area contributed by atoms with Gasteiger partial charge < -0.3 is 5.32 Å². The molecule has 0 fully saturated rings.